The Hall–Kier alpha value is -3.82. The van der Waals surface area contributed by atoms with Crippen LogP contribution in [0, 0.1) is 12.7 Å². The van der Waals surface area contributed by atoms with E-state index in [-0.39, 0.29) is 5.82 Å². The molecule has 0 aliphatic carbocycles. The Morgan fingerprint density at radius 2 is 1.65 bits per heavy atom. The number of nitrogens with zero attached hydrogens (tertiary/aromatic N) is 5. The molecular weight excluding hydrogens is 471 g/mol. The van der Waals surface area contributed by atoms with Crippen molar-refractivity contribution >= 4 is 33.8 Å². The van der Waals surface area contributed by atoms with Gasteiger partial charge in [-0.2, -0.15) is 0 Å². The average Bonchev–Trinajstić information content (AvgIpc) is 2.95. The first-order valence-electron chi connectivity index (χ1n) is 12.6. The first-order valence-corrected chi connectivity index (χ1v) is 12.6. The molecule has 0 amide bonds. The van der Waals surface area contributed by atoms with Crippen LogP contribution in [-0.4, -0.2) is 67.6 Å². The summed E-state index contributed by atoms with van der Waals surface area (Å²) >= 11 is 0. The molecule has 0 bridgehead atoms. The van der Waals surface area contributed by atoms with Gasteiger partial charge >= 0.3 is 0 Å². The third-order valence-electron chi connectivity index (χ3n) is 6.90. The smallest absolute Gasteiger partial charge is 0.152 e. The second-order valence-corrected chi connectivity index (χ2v) is 9.23. The summed E-state index contributed by atoms with van der Waals surface area (Å²) in [6, 6.07) is 12.6. The maximum Gasteiger partial charge on any atom is 0.152 e. The summed E-state index contributed by atoms with van der Waals surface area (Å²) in [5.74, 6) is 0.540. The molecule has 2 aliphatic heterocycles. The van der Waals surface area contributed by atoms with Crippen molar-refractivity contribution in [2.24, 2.45) is 0 Å². The van der Waals surface area contributed by atoms with E-state index in [1.165, 1.54) is 12.1 Å². The van der Waals surface area contributed by atoms with Gasteiger partial charge in [0.1, 0.15) is 5.82 Å². The lowest BCUT2D eigenvalue weighted by molar-refractivity contribution is 0.122. The lowest BCUT2D eigenvalue weighted by Crippen LogP contribution is -2.38. The molecule has 2 fully saturated rings. The van der Waals surface area contributed by atoms with E-state index in [0.29, 0.717) is 37.6 Å². The Balaban J connectivity index is 1.49. The Labute approximate surface area is 215 Å². The van der Waals surface area contributed by atoms with E-state index in [1.807, 2.05) is 31.3 Å². The molecule has 0 unspecified atom stereocenters. The topological polar surface area (TPSA) is 75.6 Å². The molecular formula is C28H29FN6O2. The van der Waals surface area contributed by atoms with Gasteiger partial charge in [0.25, 0.3) is 0 Å². The van der Waals surface area contributed by atoms with Crippen LogP contribution in [0.1, 0.15) is 5.56 Å². The molecule has 0 spiro atoms. The minimum Gasteiger partial charge on any atom is -0.378 e. The third kappa shape index (κ3) is 4.80. The second-order valence-electron chi connectivity index (χ2n) is 9.23. The van der Waals surface area contributed by atoms with Gasteiger partial charge in [-0.05, 0) is 37.3 Å². The minimum absolute atomic E-state index is 0.327. The highest BCUT2D eigenvalue weighted by Crippen LogP contribution is 2.38. The number of ether oxygens (including phenoxy) is 2. The second kappa shape index (κ2) is 10.3. The fourth-order valence-electron chi connectivity index (χ4n) is 4.94. The molecule has 0 radical (unpaired) electrons. The number of anilines is 4. The van der Waals surface area contributed by atoms with Gasteiger partial charge in [-0.3, -0.25) is 4.98 Å². The minimum atomic E-state index is -0.327. The van der Waals surface area contributed by atoms with Crippen LogP contribution in [0.15, 0.2) is 54.9 Å². The van der Waals surface area contributed by atoms with E-state index < -0.39 is 0 Å². The predicted molar refractivity (Wildman–Crippen MR) is 143 cm³/mol. The van der Waals surface area contributed by atoms with Gasteiger partial charge in [0, 0.05) is 49.4 Å². The van der Waals surface area contributed by atoms with E-state index >= 15 is 0 Å². The van der Waals surface area contributed by atoms with Crippen LogP contribution in [0.2, 0.25) is 0 Å². The van der Waals surface area contributed by atoms with Gasteiger partial charge in [-0.25, -0.2) is 14.4 Å². The SMILES string of the molecule is Cc1c(-c2ccccn2)nc2cc(F)ccc2c1Nc1cc(N2CCOCC2)cnc1N1CCOCC1. The van der Waals surface area contributed by atoms with Crippen LogP contribution >= 0.6 is 0 Å². The van der Waals surface area contributed by atoms with E-state index in [0.717, 1.165) is 65.7 Å². The number of morpholine rings is 2. The number of benzene rings is 1. The lowest BCUT2D eigenvalue weighted by Gasteiger charge is -2.32. The van der Waals surface area contributed by atoms with Crippen molar-refractivity contribution in [1.82, 2.24) is 15.0 Å². The van der Waals surface area contributed by atoms with Crippen LogP contribution in [0.4, 0.5) is 27.3 Å². The van der Waals surface area contributed by atoms with Crippen molar-refractivity contribution in [3.05, 3.63) is 66.2 Å². The summed E-state index contributed by atoms with van der Waals surface area (Å²) in [7, 11) is 0. The number of fused-ring (bicyclic) bond motifs is 1. The number of aromatic nitrogens is 3. The summed E-state index contributed by atoms with van der Waals surface area (Å²) in [4.78, 5) is 18.8. The molecule has 9 heteroatoms. The van der Waals surface area contributed by atoms with Crippen LogP contribution in [0.25, 0.3) is 22.3 Å². The van der Waals surface area contributed by atoms with Crippen molar-refractivity contribution in [3.8, 4) is 11.4 Å². The predicted octanol–water partition coefficient (Wildman–Crippen LogP) is 4.56. The molecule has 1 N–H and O–H groups in total. The molecule has 4 aromatic rings. The lowest BCUT2D eigenvalue weighted by atomic mass is 10.0. The summed E-state index contributed by atoms with van der Waals surface area (Å²) in [6.07, 6.45) is 3.68. The van der Waals surface area contributed by atoms with Crippen LogP contribution in [-0.2, 0) is 9.47 Å². The molecule has 5 heterocycles. The summed E-state index contributed by atoms with van der Waals surface area (Å²) in [5, 5.41) is 4.53. The first kappa shape index (κ1) is 23.6. The van der Waals surface area contributed by atoms with E-state index in [9.17, 15) is 4.39 Å². The van der Waals surface area contributed by atoms with Crippen molar-refractivity contribution < 1.29 is 13.9 Å². The maximum absolute atomic E-state index is 14.3. The molecule has 1 aromatic carbocycles. The molecule has 0 saturated carbocycles. The number of pyridine rings is 3. The van der Waals surface area contributed by atoms with Crippen molar-refractivity contribution in [2.75, 3.05) is 67.7 Å². The van der Waals surface area contributed by atoms with Gasteiger partial charge in [0.05, 0.1) is 66.6 Å². The highest BCUT2D eigenvalue weighted by molar-refractivity contribution is 5.98. The highest BCUT2D eigenvalue weighted by Gasteiger charge is 2.22. The maximum atomic E-state index is 14.3. The van der Waals surface area contributed by atoms with E-state index in [1.54, 1.807) is 12.3 Å². The van der Waals surface area contributed by atoms with Crippen LogP contribution in [0.5, 0.6) is 0 Å². The van der Waals surface area contributed by atoms with Crippen molar-refractivity contribution in [3.63, 3.8) is 0 Å². The zero-order valence-electron chi connectivity index (χ0n) is 20.8. The fourth-order valence-corrected chi connectivity index (χ4v) is 4.94. The number of hydrogen-bond donors (Lipinski definition) is 1. The molecule has 3 aromatic heterocycles. The van der Waals surface area contributed by atoms with Crippen LogP contribution < -0.4 is 15.1 Å². The highest BCUT2D eigenvalue weighted by atomic mass is 19.1. The van der Waals surface area contributed by atoms with Gasteiger partial charge in [-0.15, -0.1) is 0 Å². The Morgan fingerprint density at radius 3 is 2.38 bits per heavy atom. The number of hydrogen-bond acceptors (Lipinski definition) is 8. The normalized spacial score (nSPS) is 16.3. The van der Waals surface area contributed by atoms with E-state index in [4.69, 9.17) is 19.4 Å². The number of halogens is 1. The summed E-state index contributed by atoms with van der Waals surface area (Å²) < 4.78 is 25.4. The number of nitrogens with one attached hydrogen (secondary N) is 1. The van der Waals surface area contributed by atoms with Gasteiger partial charge in [-0.1, -0.05) is 6.07 Å². The van der Waals surface area contributed by atoms with Crippen molar-refractivity contribution in [2.45, 2.75) is 6.92 Å². The molecule has 2 saturated heterocycles. The molecule has 6 rings (SSSR count). The van der Waals surface area contributed by atoms with Gasteiger partial charge in [0.15, 0.2) is 5.82 Å². The van der Waals surface area contributed by atoms with E-state index in [2.05, 4.69) is 26.2 Å². The van der Waals surface area contributed by atoms with Gasteiger partial charge < -0.3 is 24.6 Å². The monoisotopic (exact) mass is 500 g/mol. The van der Waals surface area contributed by atoms with Gasteiger partial charge in [0.2, 0.25) is 0 Å². The Morgan fingerprint density at radius 1 is 0.892 bits per heavy atom. The summed E-state index contributed by atoms with van der Waals surface area (Å²) in [6.45, 7) is 7.89. The molecule has 190 valence electrons. The Kier molecular flexibility index (Phi) is 6.55. The average molecular weight is 501 g/mol. The molecule has 0 atom stereocenters. The Bertz CT molecular complexity index is 1410. The molecule has 2 aliphatic rings. The summed E-state index contributed by atoms with van der Waals surface area (Å²) in [5.41, 5.74) is 5.74. The van der Waals surface area contributed by atoms with Crippen molar-refractivity contribution in [1.29, 1.82) is 0 Å². The first-order chi connectivity index (χ1) is 18.2. The van der Waals surface area contributed by atoms with Crippen LogP contribution in [0.3, 0.4) is 0 Å². The molecule has 8 nitrogen and oxygen atoms in total. The quantitative estimate of drug-likeness (QED) is 0.428. The number of rotatable bonds is 5. The third-order valence-corrected chi connectivity index (χ3v) is 6.90. The zero-order valence-corrected chi connectivity index (χ0v) is 20.8. The largest absolute Gasteiger partial charge is 0.378 e. The molecule has 37 heavy (non-hydrogen) atoms. The zero-order chi connectivity index (χ0) is 25.2. The fraction of sp³-hybridized carbons (Fsp3) is 0.321. The standard InChI is InChI=1S/C28H29FN6O2/c1-19-26(22-6-5-20(29)16-24(22)32-27(19)23-4-2-3-7-30-23)33-25-17-21(34-8-12-36-13-9-34)18-31-28(25)35-10-14-37-15-11-35/h2-7,16-18H,8-15H2,1H3,(H,32,33).